The van der Waals surface area contributed by atoms with Gasteiger partial charge in [0, 0.05) is 11.5 Å². The smallest absolute Gasteiger partial charge is 0.425 e. The number of rotatable bonds is 16. The lowest BCUT2D eigenvalue weighted by Gasteiger charge is -2.36. The Balaban J connectivity index is 1.66. The van der Waals surface area contributed by atoms with Crippen LogP contribution in [0, 0.1) is 5.92 Å². The molecule has 1 aliphatic rings. The highest BCUT2D eigenvalue weighted by Gasteiger charge is 2.46. The molecule has 0 amide bonds. The fraction of sp³-hybridized carbons (Fsp3) is 0.576. The van der Waals surface area contributed by atoms with Crippen LogP contribution >= 0.6 is 0 Å². The van der Waals surface area contributed by atoms with E-state index in [0.717, 1.165) is 44.9 Å². The molecule has 1 fully saturated rings. The highest BCUT2D eigenvalue weighted by molar-refractivity contribution is 5.91. The van der Waals surface area contributed by atoms with Gasteiger partial charge in [0.05, 0.1) is 12.2 Å². The molecule has 0 spiro atoms. The Morgan fingerprint density at radius 1 is 0.881 bits per heavy atom. The zero-order valence-corrected chi connectivity index (χ0v) is 24.6. The van der Waals surface area contributed by atoms with Crippen molar-refractivity contribution in [1.82, 2.24) is 0 Å². The fourth-order valence-corrected chi connectivity index (χ4v) is 4.93. The van der Waals surface area contributed by atoms with Gasteiger partial charge in [-0.25, -0.2) is 9.59 Å². The molecule has 0 saturated carbocycles. The number of carbonyl (C=O) groups is 2. The van der Waals surface area contributed by atoms with Gasteiger partial charge in [0.1, 0.15) is 5.75 Å². The van der Waals surface area contributed by atoms with Crippen LogP contribution in [0.2, 0.25) is 0 Å². The number of ether oxygens (including phenoxy) is 4. The van der Waals surface area contributed by atoms with Crippen LogP contribution in [0.1, 0.15) is 107 Å². The number of halogens is 3. The van der Waals surface area contributed by atoms with Crippen molar-refractivity contribution in [2.24, 2.45) is 5.92 Å². The minimum atomic E-state index is -4.66. The van der Waals surface area contributed by atoms with Gasteiger partial charge in [0.25, 0.3) is 0 Å². The Bertz CT molecular complexity index is 1070. The molecular formula is C33H43F3O6. The summed E-state index contributed by atoms with van der Waals surface area (Å²) in [6.07, 6.45) is -1.11. The molecule has 2 aromatic rings. The van der Waals surface area contributed by atoms with Crippen LogP contribution in [-0.2, 0) is 19.0 Å². The van der Waals surface area contributed by atoms with Crippen LogP contribution in [0.25, 0.3) is 0 Å². The van der Waals surface area contributed by atoms with Crippen molar-refractivity contribution in [2.75, 3.05) is 6.61 Å². The predicted octanol–water partition coefficient (Wildman–Crippen LogP) is 8.74. The first-order chi connectivity index (χ1) is 20.2. The molecule has 2 aromatic carbocycles. The summed E-state index contributed by atoms with van der Waals surface area (Å²) < 4.78 is 63.8. The van der Waals surface area contributed by atoms with E-state index in [2.05, 4.69) is 6.92 Å². The number of alkyl halides is 3. The molecule has 232 valence electrons. The number of hydrogen-bond acceptors (Lipinski definition) is 6. The van der Waals surface area contributed by atoms with Crippen molar-refractivity contribution in [3.63, 3.8) is 0 Å². The molecule has 42 heavy (non-hydrogen) atoms. The normalized spacial score (nSPS) is 19.7. The van der Waals surface area contributed by atoms with Gasteiger partial charge in [-0.15, -0.1) is 0 Å². The van der Waals surface area contributed by atoms with E-state index in [1.165, 1.54) is 0 Å². The molecule has 9 heteroatoms. The number of benzene rings is 2. The van der Waals surface area contributed by atoms with E-state index in [1.54, 1.807) is 48.5 Å². The summed E-state index contributed by atoms with van der Waals surface area (Å²) in [5.41, 5.74) is 0.824. The molecule has 0 N–H and O–H groups in total. The predicted molar refractivity (Wildman–Crippen MR) is 153 cm³/mol. The highest BCUT2D eigenvalue weighted by Crippen LogP contribution is 2.35. The van der Waals surface area contributed by atoms with Crippen LogP contribution in [-0.4, -0.2) is 36.9 Å². The first-order valence-corrected chi connectivity index (χ1v) is 15.1. The van der Waals surface area contributed by atoms with Gasteiger partial charge in [-0.05, 0) is 43.5 Å². The zero-order chi connectivity index (χ0) is 30.4. The summed E-state index contributed by atoms with van der Waals surface area (Å²) in [6.45, 7) is 4.26. The van der Waals surface area contributed by atoms with Gasteiger partial charge >= 0.3 is 18.1 Å². The summed E-state index contributed by atoms with van der Waals surface area (Å²) in [5.74, 6) is -1.57. The lowest BCUT2D eigenvalue weighted by atomic mass is 9.94. The van der Waals surface area contributed by atoms with Crippen LogP contribution in [0.4, 0.5) is 13.2 Å². The Hall–Kier alpha value is -2.91. The second-order valence-corrected chi connectivity index (χ2v) is 10.8. The molecule has 1 aliphatic heterocycles. The number of hydrogen-bond donors (Lipinski definition) is 0. The first-order valence-electron chi connectivity index (χ1n) is 15.1. The molecule has 3 rings (SSSR count). The van der Waals surface area contributed by atoms with Gasteiger partial charge in [-0.2, -0.15) is 13.2 Å². The molecule has 1 saturated heterocycles. The summed E-state index contributed by atoms with van der Waals surface area (Å²) in [7, 11) is 0. The average molecular weight is 593 g/mol. The third-order valence-electron chi connectivity index (χ3n) is 7.39. The van der Waals surface area contributed by atoms with E-state index in [4.69, 9.17) is 18.9 Å². The minimum Gasteiger partial charge on any atom is -0.451 e. The Morgan fingerprint density at radius 2 is 1.52 bits per heavy atom. The molecular weight excluding hydrogens is 549 g/mol. The van der Waals surface area contributed by atoms with Gasteiger partial charge in [-0.3, -0.25) is 0 Å². The van der Waals surface area contributed by atoms with E-state index >= 15 is 0 Å². The molecule has 0 aromatic heterocycles. The Morgan fingerprint density at radius 3 is 2.19 bits per heavy atom. The van der Waals surface area contributed by atoms with Crippen LogP contribution in [0.15, 0.2) is 54.6 Å². The van der Waals surface area contributed by atoms with E-state index in [0.29, 0.717) is 36.1 Å². The molecule has 4 atom stereocenters. The quantitative estimate of drug-likeness (QED) is 0.110. The number of esters is 2. The lowest BCUT2D eigenvalue weighted by molar-refractivity contribution is -0.262. The monoisotopic (exact) mass is 592 g/mol. The Labute approximate surface area is 246 Å². The topological polar surface area (TPSA) is 71.1 Å². The molecule has 0 aliphatic carbocycles. The van der Waals surface area contributed by atoms with E-state index in [9.17, 15) is 22.8 Å². The Kier molecular flexibility index (Phi) is 13.8. The first kappa shape index (κ1) is 33.6. The molecule has 0 bridgehead atoms. The van der Waals surface area contributed by atoms with Crippen LogP contribution in [0.5, 0.6) is 5.75 Å². The van der Waals surface area contributed by atoms with Crippen molar-refractivity contribution in [3.05, 3.63) is 65.7 Å². The molecule has 1 heterocycles. The van der Waals surface area contributed by atoms with Gasteiger partial charge in [0.15, 0.2) is 18.5 Å². The van der Waals surface area contributed by atoms with Crippen molar-refractivity contribution in [2.45, 2.75) is 109 Å². The molecule has 0 radical (unpaired) electrons. The van der Waals surface area contributed by atoms with E-state index in [1.807, 2.05) is 13.0 Å². The SMILES string of the molecule is CCCCCCCC[C@@H](OC(=O)C1O[C@@H](c2ccc(C(=O)Oc3ccccc3)cc2)OC[C@@H]1CCCCC)C(F)(F)F. The minimum absolute atomic E-state index is 0.139. The summed E-state index contributed by atoms with van der Waals surface area (Å²) in [4.78, 5) is 25.7. The average Bonchev–Trinajstić information content (AvgIpc) is 2.98. The zero-order valence-electron chi connectivity index (χ0n) is 24.6. The number of para-hydroxylation sites is 1. The highest BCUT2D eigenvalue weighted by atomic mass is 19.4. The maximum atomic E-state index is 13.8. The summed E-state index contributed by atoms with van der Waals surface area (Å²) in [6, 6.07) is 15.0. The number of unbranched alkanes of at least 4 members (excludes halogenated alkanes) is 7. The van der Waals surface area contributed by atoms with Crippen molar-refractivity contribution in [1.29, 1.82) is 0 Å². The third kappa shape index (κ3) is 10.7. The second kappa shape index (κ2) is 17.3. The standard InChI is InChI=1S/C33H43F3O6/c1-3-5-7-8-9-14-18-28(33(34,35)36)41-31(38)29-26(15-11-6-4-2)23-39-32(42-29)25-21-19-24(20-22-25)30(37)40-27-16-12-10-13-17-27/h10,12-13,16-17,19-22,26,28-29,32H,3-9,11,14-15,18,23H2,1-2H3/t26-,28+,29?,32-/m0/s1. The van der Waals surface area contributed by atoms with E-state index < -0.39 is 42.5 Å². The van der Waals surface area contributed by atoms with Crippen LogP contribution < -0.4 is 4.74 Å². The fourth-order valence-electron chi connectivity index (χ4n) is 4.93. The van der Waals surface area contributed by atoms with Gasteiger partial charge in [-0.1, -0.05) is 95.5 Å². The summed E-state index contributed by atoms with van der Waals surface area (Å²) in [5, 5.41) is 0. The van der Waals surface area contributed by atoms with Gasteiger partial charge < -0.3 is 18.9 Å². The van der Waals surface area contributed by atoms with Crippen molar-refractivity contribution in [3.8, 4) is 5.75 Å². The second-order valence-electron chi connectivity index (χ2n) is 10.8. The van der Waals surface area contributed by atoms with Crippen molar-refractivity contribution >= 4 is 11.9 Å². The molecule has 6 nitrogen and oxygen atoms in total. The summed E-state index contributed by atoms with van der Waals surface area (Å²) >= 11 is 0. The van der Waals surface area contributed by atoms with E-state index in [-0.39, 0.29) is 13.0 Å². The van der Waals surface area contributed by atoms with Gasteiger partial charge in [0.2, 0.25) is 0 Å². The maximum absolute atomic E-state index is 13.8. The lowest BCUT2D eigenvalue weighted by Crippen LogP contribution is -2.45. The van der Waals surface area contributed by atoms with Crippen LogP contribution in [0.3, 0.4) is 0 Å². The largest absolute Gasteiger partial charge is 0.451 e. The maximum Gasteiger partial charge on any atom is 0.425 e. The molecule has 1 unspecified atom stereocenters. The number of carbonyl (C=O) groups excluding carboxylic acids is 2. The van der Waals surface area contributed by atoms with Crippen molar-refractivity contribution < 1.29 is 41.7 Å². The third-order valence-corrected chi connectivity index (χ3v) is 7.39.